The first-order valence-electron chi connectivity index (χ1n) is 23.1. The quantitative estimate of drug-likeness (QED) is 0.0201. The lowest BCUT2D eigenvalue weighted by Crippen LogP contribution is -2.60. The molecule has 2 unspecified atom stereocenters. The molecule has 12 nitrogen and oxygen atoms in total. The van der Waals surface area contributed by atoms with Crippen molar-refractivity contribution in [1.82, 2.24) is 0 Å². The van der Waals surface area contributed by atoms with E-state index < -0.39 is 71.2 Å². The summed E-state index contributed by atoms with van der Waals surface area (Å²) in [7, 11) is -4.61. The van der Waals surface area contributed by atoms with Gasteiger partial charge in [-0.25, -0.2) is 0 Å². The fraction of sp³-hybridized carbons (Fsp3) is 0.673. The SMILES string of the molecule is CC/C=C/C/C=C/C/C=C/CCCCCCCC(=O)O[C@H](COC(=O)CCCCC/C=C/C/C=C/C/C=C/C/C=C/CCCCC)CO[C@H]1O[C@H](CS(=O)(=O)O)[C@@H](O)C(O)C1O. The third-order valence-electron chi connectivity index (χ3n) is 9.96. The topological polar surface area (TPSA) is 186 Å². The van der Waals surface area contributed by atoms with Crippen LogP contribution in [0.25, 0.3) is 0 Å². The van der Waals surface area contributed by atoms with Gasteiger partial charge in [0.2, 0.25) is 0 Å². The number of aliphatic hydroxyl groups excluding tert-OH is 3. The second-order valence-corrected chi connectivity index (χ2v) is 17.2. The molecule has 0 spiro atoms. The number of unbranched alkanes of at least 4 members (excludes halogenated alkanes) is 11. The Morgan fingerprint density at radius 2 is 1.02 bits per heavy atom. The second kappa shape index (κ2) is 38.3. The van der Waals surface area contributed by atoms with E-state index in [9.17, 15) is 37.9 Å². The van der Waals surface area contributed by atoms with E-state index in [1.54, 1.807) is 0 Å². The number of aliphatic hydroxyl groups is 3. The van der Waals surface area contributed by atoms with E-state index in [0.717, 1.165) is 96.3 Å². The highest BCUT2D eigenvalue weighted by atomic mass is 32.2. The van der Waals surface area contributed by atoms with Crippen LogP contribution in [0.4, 0.5) is 0 Å². The van der Waals surface area contributed by atoms with Crippen LogP contribution in [-0.4, -0.2) is 96.0 Å². The van der Waals surface area contributed by atoms with Crippen LogP contribution in [0.3, 0.4) is 0 Å². The number of rotatable bonds is 37. The van der Waals surface area contributed by atoms with Gasteiger partial charge < -0.3 is 34.3 Å². The summed E-state index contributed by atoms with van der Waals surface area (Å²) in [5, 5.41) is 30.9. The van der Waals surface area contributed by atoms with E-state index in [0.29, 0.717) is 12.8 Å². The summed E-state index contributed by atoms with van der Waals surface area (Å²) in [6.45, 7) is 3.56. The molecule has 1 aliphatic heterocycles. The van der Waals surface area contributed by atoms with Gasteiger partial charge in [-0.3, -0.25) is 14.1 Å². The minimum Gasteiger partial charge on any atom is -0.462 e. The van der Waals surface area contributed by atoms with Gasteiger partial charge >= 0.3 is 11.9 Å². The maximum Gasteiger partial charge on any atom is 0.306 e. The molecule has 1 saturated heterocycles. The number of carbonyl (C=O) groups is 2. The van der Waals surface area contributed by atoms with Crippen molar-refractivity contribution in [1.29, 1.82) is 0 Å². The summed E-state index contributed by atoms with van der Waals surface area (Å²) < 4.78 is 54.0. The first-order chi connectivity index (χ1) is 30.0. The Bertz CT molecular complexity index is 1460. The smallest absolute Gasteiger partial charge is 0.306 e. The summed E-state index contributed by atoms with van der Waals surface area (Å²) in [4.78, 5) is 25.4. The van der Waals surface area contributed by atoms with Gasteiger partial charge in [0.05, 0.1) is 6.61 Å². The highest BCUT2D eigenvalue weighted by Gasteiger charge is 2.46. The summed E-state index contributed by atoms with van der Waals surface area (Å²) in [6.07, 6.45) is 40.5. The molecule has 1 aliphatic rings. The second-order valence-electron chi connectivity index (χ2n) is 15.7. The number of ether oxygens (including phenoxy) is 4. The molecule has 0 aliphatic carbocycles. The summed E-state index contributed by atoms with van der Waals surface area (Å²) in [5.74, 6) is -2.06. The van der Waals surface area contributed by atoms with Crippen molar-refractivity contribution < 1.29 is 56.8 Å². The number of esters is 2. The van der Waals surface area contributed by atoms with Crippen molar-refractivity contribution in [2.75, 3.05) is 19.0 Å². The molecule has 0 radical (unpaired) electrons. The Labute approximate surface area is 373 Å². The number of hydrogen-bond donors (Lipinski definition) is 4. The van der Waals surface area contributed by atoms with E-state index in [2.05, 4.69) is 98.9 Å². The number of hydrogen-bond acceptors (Lipinski definition) is 11. The predicted octanol–water partition coefficient (Wildman–Crippen LogP) is 9.67. The molecule has 6 atom stereocenters. The Balaban J connectivity index is 2.48. The van der Waals surface area contributed by atoms with E-state index in [1.807, 2.05) is 0 Å². The van der Waals surface area contributed by atoms with E-state index in [4.69, 9.17) is 18.9 Å². The monoisotopic (exact) mass is 893 g/mol. The van der Waals surface area contributed by atoms with Gasteiger partial charge in [0.25, 0.3) is 10.1 Å². The van der Waals surface area contributed by atoms with E-state index >= 15 is 0 Å². The third-order valence-corrected chi connectivity index (χ3v) is 10.7. The molecule has 1 fully saturated rings. The summed E-state index contributed by atoms with van der Waals surface area (Å²) in [5.41, 5.74) is 0. The normalized spacial score (nSPS) is 20.6. The zero-order valence-electron chi connectivity index (χ0n) is 37.7. The molecule has 0 aromatic carbocycles. The Hall–Kier alpha value is -3.17. The highest BCUT2D eigenvalue weighted by molar-refractivity contribution is 7.85. The average molecular weight is 893 g/mol. The molecule has 0 bridgehead atoms. The van der Waals surface area contributed by atoms with Crippen molar-refractivity contribution in [2.24, 2.45) is 0 Å². The van der Waals surface area contributed by atoms with Gasteiger partial charge in [-0.05, 0) is 89.9 Å². The first kappa shape index (κ1) is 56.8. The lowest BCUT2D eigenvalue weighted by atomic mass is 10.00. The zero-order valence-corrected chi connectivity index (χ0v) is 38.5. The Kier molecular flexibility index (Phi) is 35.1. The highest BCUT2D eigenvalue weighted by Crippen LogP contribution is 2.24. The molecular weight excluding hydrogens is 813 g/mol. The maximum atomic E-state index is 12.8. The van der Waals surface area contributed by atoms with Crippen LogP contribution in [0.1, 0.15) is 155 Å². The lowest BCUT2D eigenvalue weighted by molar-refractivity contribution is -0.297. The molecule has 0 aromatic rings. The molecule has 354 valence electrons. The Morgan fingerprint density at radius 3 is 1.53 bits per heavy atom. The lowest BCUT2D eigenvalue weighted by Gasteiger charge is -2.40. The average Bonchev–Trinajstić information content (AvgIpc) is 3.24. The first-order valence-corrected chi connectivity index (χ1v) is 24.8. The zero-order chi connectivity index (χ0) is 45.5. The molecule has 4 N–H and O–H groups in total. The van der Waals surface area contributed by atoms with Crippen LogP contribution >= 0.6 is 0 Å². The molecule has 62 heavy (non-hydrogen) atoms. The summed E-state index contributed by atoms with van der Waals surface area (Å²) >= 11 is 0. The van der Waals surface area contributed by atoms with Crippen molar-refractivity contribution >= 4 is 22.1 Å². The van der Waals surface area contributed by atoms with E-state index in [1.165, 1.54) is 19.3 Å². The molecule has 1 rings (SSSR count). The van der Waals surface area contributed by atoms with Gasteiger partial charge in [-0.15, -0.1) is 0 Å². The molecule has 0 aromatic heterocycles. The molecular formula is C49H80O12S. The third kappa shape index (κ3) is 32.5. The van der Waals surface area contributed by atoms with Crippen LogP contribution in [0.2, 0.25) is 0 Å². The van der Waals surface area contributed by atoms with Crippen LogP contribution in [0.5, 0.6) is 0 Å². The molecule has 0 saturated carbocycles. The largest absolute Gasteiger partial charge is 0.462 e. The van der Waals surface area contributed by atoms with Crippen LogP contribution in [0.15, 0.2) is 85.1 Å². The van der Waals surface area contributed by atoms with Gasteiger partial charge in [-0.1, -0.05) is 137 Å². The van der Waals surface area contributed by atoms with Crippen molar-refractivity contribution in [3.05, 3.63) is 85.1 Å². The predicted molar refractivity (Wildman–Crippen MR) is 247 cm³/mol. The van der Waals surface area contributed by atoms with E-state index in [-0.39, 0.29) is 19.4 Å². The number of allylic oxidation sites excluding steroid dienone is 14. The van der Waals surface area contributed by atoms with Crippen LogP contribution in [-0.2, 0) is 38.7 Å². The molecule has 13 heteroatoms. The number of carbonyl (C=O) groups excluding carboxylic acids is 2. The van der Waals surface area contributed by atoms with Crippen molar-refractivity contribution in [3.63, 3.8) is 0 Å². The summed E-state index contributed by atoms with van der Waals surface area (Å²) in [6, 6.07) is 0. The van der Waals surface area contributed by atoms with Gasteiger partial charge in [0.1, 0.15) is 36.8 Å². The van der Waals surface area contributed by atoms with Crippen molar-refractivity contribution in [2.45, 2.75) is 192 Å². The van der Waals surface area contributed by atoms with Crippen molar-refractivity contribution in [3.8, 4) is 0 Å². The molecule has 0 amide bonds. The Morgan fingerprint density at radius 1 is 0.565 bits per heavy atom. The van der Waals surface area contributed by atoms with Gasteiger partial charge in [-0.2, -0.15) is 8.42 Å². The van der Waals surface area contributed by atoms with Gasteiger partial charge in [0, 0.05) is 12.8 Å². The fourth-order valence-corrected chi connectivity index (χ4v) is 7.07. The van der Waals surface area contributed by atoms with Crippen LogP contribution in [0, 0.1) is 0 Å². The van der Waals surface area contributed by atoms with Crippen LogP contribution < -0.4 is 0 Å². The molecule has 1 heterocycles. The maximum absolute atomic E-state index is 12.8. The standard InChI is InChI=1S/C49H80O12S/c1-3-5-7-9-11-13-15-17-19-20-21-22-24-25-27-29-31-33-35-37-44(50)58-39-42(40-59-49-48(54)47(53)46(52)43(61-49)41-62(55,56)57)60-45(51)38-36-34-32-30-28-26-23-18-16-14-12-10-8-6-4-2/h6,8,11-14,17-19,21-23,25,27,42-43,46-49,52-54H,3-5,7,9-10,15-16,20,24,26,28-41H2,1-2H3,(H,55,56,57)/b8-6+,13-11+,14-12+,19-17+,22-21+,23-18+,27-25+/t42-,43-,46-,47?,48?,49+/m1/s1. The van der Waals surface area contributed by atoms with Gasteiger partial charge in [0.15, 0.2) is 12.4 Å². The minimum absolute atomic E-state index is 0.132. The minimum atomic E-state index is -4.61. The fourth-order valence-electron chi connectivity index (χ4n) is 6.38.